The number of methoxy groups -OCH3 is 1. The van der Waals surface area contributed by atoms with Crippen LogP contribution < -0.4 is 10.2 Å². The summed E-state index contributed by atoms with van der Waals surface area (Å²) < 4.78 is 45.4. The molecule has 0 saturated heterocycles. The molecule has 5 nitrogen and oxygen atoms in total. The maximum Gasteiger partial charge on any atom is 0.433 e. The van der Waals surface area contributed by atoms with Crippen LogP contribution in [0, 0.1) is 0 Å². The summed E-state index contributed by atoms with van der Waals surface area (Å²) in [5.41, 5.74) is -0.336. The number of ether oxygens (including phenoxy) is 1. The predicted octanol–water partition coefficient (Wildman–Crippen LogP) is 4.70. The van der Waals surface area contributed by atoms with Crippen molar-refractivity contribution in [3.63, 3.8) is 0 Å². The van der Waals surface area contributed by atoms with E-state index >= 15 is 0 Å². The maximum absolute atomic E-state index is 13.0. The number of halogens is 3. The first-order valence-corrected chi connectivity index (χ1v) is 9.61. The molecular formula is C24H17F3N2O3. The van der Waals surface area contributed by atoms with Crippen molar-refractivity contribution >= 4 is 16.7 Å². The van der Waals surface area contributed by atoms with Gasteiger partial charge in [-0.25, -0.2) is 0 Å². The molecule has 4 rings (SSSR count). The minimum absolute atomic E-state index is 0.0988. The van der Waals surface area contributed by atoms with Crippen LogP contribution in [-0.2, 0) is 12.7 Å². The lowest BCUT2D eigenvalue weighted by molar-refractivity contribution is -0.141. The van der Waals surface area contributed by atoms with E-state index in [0.29, 0.717) is 23.2 Å². The van der Waals surface area contributed by atoms with Gasteiger partial charge in [-0.15, -0.1) is 0 Å². The number of nitrogens with zero attached hydrogens (tertiary/aromatic N) is 2. The first-order chi connectivity index (χ1) is 15.3. The average molecular weight is 438 g/mol. The fourth-order valence-corrected chi connectivity index (χ4v) is 3.46. The zero-order chi connectivity index (χ0) is 22.9. The van der Waals surface area contributed by atoms with Gasteiger partial charge in [0.15, 0.2) is 5.78 Å². The van der Waals surface area contributed by atoms with Crippen molar-refractivity contribution in [2.75, 3.05) is 7.11 Å². The Kier molecular flexibility index (Phi) is 5.52. The number of hydrogen-bond donors (Lipinski definition) is 0. The summed E-state index contributed by atoms with van der Waals surface area (Å²) >= 11 is 0. The number of benzene rings is 2. The minimum atomic E-state index is -4.62. The molecule has 0 N–H and O–H groups in total. The molecule has 0 fully saturated rings. The zero-order valence-electron chi connectivity index (χ0n) is 16.9. The lowest BCUT2D eigenvalue weighted by atomic mass is 10.0. The first-order valence-electron chi connectivity index (χ1n) is 9.61. The van der Waals surface area contributed by atoms with Crippen LogP contribution in [0.2, 0.25) is 0 Å². The Balaban J connectivity index is 1.80. The van der Waals surface area contributed by atoms with Gasteiger partial charge in [0.05, 0.1) is 18.2 Å². The van der Waals surface area contributed by atoms with Gasteiger partial charge >= 0.3 is 6.18 Å². The van der Waals surface area contributed by atoms with Crippen molar-refractivity contribution in [3.05, 3.63) is 106 Å². The number of fused-ring (bicyclic) bond motifs is 1. The molecule has 8 heteroatoms. The van der Waals surface area contributed by atoms with Gasteiger partial charge in [0.1, 0.15) is 11.4 Å². The molecule has 2 heterocycles. The number of rotatable bonds is 5. The summed E-state index contributed by atoms with van der Waals surface area (Å²) in [5, 5.41) is 0.334. The van der Waals surface area contributed by atoms with E-state index in [2.05, 4.69) is 4.98 Å². The molecule has 0 spiro atoms. The van der Waals surface area contributed by atoms with Crippen LogP contribution >= 0.6 is 0 Å². The fourth-order valence-electron chi connectivity index (χ4n) is 3.46. The Hall–Kier alpha value is -3.94. The van der Waals surface area contributed by atoms with Gasteiger partial charge in [0, 0.05) is 29.9 Å². The number of carbonyl (C=O) groups excluding carboxylic acids is 1. The number of alkyl halides is 3. The molecule has 4 aromatic rings. The Morgan fingerprint density at radius 3 is 2.53 bits per heavy atom. The molecule has 162 valence electrons. The van der Waals surface area contributed by atoms with Crippen LogP contribution in [0.3, 0.4) is 0 Å². The molecule has 0 bridgehead atoms. The average Bonchev–Trinajstić information content (AvgIpc) is 2.80. The second kappa shape index (κ2) is 8.30. The SMILES string of the molecule is COc1cccc(Cn2cc(C(=O)c3ccc(C(F)(F)F)nc3)c(=O)c3ccccc32)c1. The Labute approximate surface area is 180 Å². The fraction of sp³-hybridized carbons (Fsp3) is 0.125. The van der Waals surface area contributed by atoms with E-state index < -0.39 is 23.1 Å². The van der Waals surface area contributed by atoms with E-state index in [0.717, 1.165) is 23.9 Å². The summed E-state index contributed by atoms with van der Waals surface area (Å²) in [7, 11) is 1.56. The standard InChI is InChI=1S/C24H17F3N2O3/c1-32-17-6-4-5-15(11-17)13-29-14-19(23(31)18-7-2-3-8-20(18)29)22(30)16-9-10-21(28-12-16)24(25,26)27/h2-12,14H,13H2,1H3. The van der Waals surface area contributed by atoms with Crippen LogP contribution in [0.4, 0.5) is 13.2 Å². The van der Waals surface area contributed by atoms with E-state index in [1.54, 1.807) is 42.0 Å². The zero-order valence-corrected chi connectivity index (χ0v) is 16.9. The number of aromatic nitrogens is 2. The second-order valence-corrected chi connectivity index (χ2v) is 7.13. The summed E-state index contributed by atoms with van der Waals surface area (Å²) in [6.07, 6.45) is -2.34. The number of pyridine rings is 2. The van der Waals surface area contributed by atoms with Crippen molar-refractivity contribution in [1.82, 2.24) is 9.55 Å². The smallest absolute Gasteiger partial charge is 0.433 e. The monoisotopic (exact) mass is 438 g/mol. The van der Waals surface area contributed by atoms with Crippen molar-refractivity contribution in [2.24, 2.45) is 0 Å². The van der Waals surface area contributed by atoms with Crippen molar-refractivity contribution in [3.8, 4) is 5.75 Å². The Morgan fingerprint density at radius 2 is 1.84 bits per heavy atom. The van der Waals surface area contributed by atoms with Crippen molar-refractivity contribution in [1.29, 1.82) is 0 Å². The summed E-state index contributed by atoms with van der Waals surface area (Å²) in [6, 6.07) is 16.0. The van der Waals surface area contributed by atoms with Crippen molar-refractivity contribution in [2.45, 2.75) is 12.7 Å². The molecule has 2 aromatic heterocycles. The normalized spacial score (nSPS) is 11.5. The van der Waals surface area contributed by atoms with E-state index in [9.17, 15) is 22.8 Å². The second-order valence-electron chi connectivity index (χ2n) is 7.13. The topological polar surface area (TPSA) is 61.2 Å². The summed E-state index contributed by atoms with van der Waals surface area (Å²) in [6.45, 7) is 0.351. The first kappa shape index (κ1) is 21.3. The van der Waals surface area contributed by atoms with Gasteiger partial charge in [0.2, 0.25) is 5.43 Å². The third-order valence-electron chi connectivity index (χ3n) is 5.04. The molecule has 2 aromatic carbocycles. The molecule has 32 heavy (non-hydrogen) atoms. The highest BCUT2D eigenvalue weighted by Crippen LogP contribution is 2.27. The van der Waals surface area contributed by atoms with Crippen LogP contribution in [0.25, 0.3) is 10.9 Å². The summed E-state index contributed by atoms with van der Waals surface area (Å²) in [5.74, 6) is -0.0265. The predicted molar refractivity (Wildman–Crippen MR) is 113 cm³/mol. The van der Waals surface area contributed by atoms with E-state index in [-0.39, 0.29) is 11.1 Å². The van der Waals surface area contributed by atoms with Gasteiger partial charge in [0.25, 0.3) is 0 Å². The molecule has 0 aliphatic heterocycles. The van der Waals surface area contributed by atoms with Crippen LogP contribution in [0.5, 0.6) is 5.75 Å². The maximum atomic E-state index is 13.0. The van der Waals surface area contributed by atoms with E-state index in [1.807, 2.05) is 18.2 Å². The Morgan fingerprint density at radius 1 is 1.06 bits per heavy atom. The quantitative estimate of drug-likeness (QED) is 0.424. The van der Waals surface area contributed by atoms with Gasteiger partial charge < -0.3 is 9.30 Å². The molecule has 0 atom stereocenters. The Bertz CT molecular complexity index is 1360. The third-order valence-corrected chi connectivity index (χ3v) is 5.04. The molecule has 0 aliphatic rings. The molecule has 0 aliphatic carbocycles. The lowest BCUT2D eigenvalue weighted by Gasteiger charge is -2.14. The highest BCUT2D eigenvalue weighted by molar-refractivity contribution is 6.09. The molecule has 0 amide bonds. The van der Waals surface area contributed by atoms with Gasteiger partial charge in [-0.05, 0) is 42.0 Å². The molecule has 0 saturated carbocycles. The van der Waals surface area contributed by atoms with E-state index in [1.165, 1.54) is 6.20 Å². The number of hydrogen-bond acceptors (Lipinski definition) is 4. The van der Waals surface area contributed by atoms with Gasteiger partial charge in [-0.1, -0.05) is 24.3 Å². The molecular weight excluding hydrogens is 421 g/mol. The number of para-hydroxylation sites is 1. The van der Waals surface area contributed by atoms with E-state index in [4.69, 9.17) is 4.74 Å². The van der Waals surface area contributed by atoms with Crippen LogP contribution in [0.15, 0.2) is 77.9 Å². The molecule has 0 unspecified atom stereocenters. The highest BCUT2D eigenvalue weighted by Gasteiger charge is 2.32. The summed E-state index contributed by atoms with van der Waals surface area (Å²) in [4.78, 5) is 29.4. The minimum Gasteiger partial charge on any atom is -0.497 e. The largest absolute Gasteiger partial charge is 0.497 e. The van der Waals surface area contributed by atoms with Crippen LogP contribution in [-0.4, -0.2) is 22.4 Å². The van der Waals surface area contributed by atoms with Crippen molar-refractivity contribution < 1.29 is 22.7 Å². The molecule has 0 radical (unpaired) electrons. The van der Waals surface area contributed by atoms with Gasteiger partial charge in [-0.2, -0.15) is 13.2 Å². The lowest BCUT2D eigenvalue weighted by Crippen LogP contribution is -2.20. The highest BCUT2D eigenvalue weighted by atomic mass is 19.4. The van der Waals surface area contributed by atoms with Crippen LogP contribution in [0.1, 0.15) is 27.2 Å². The third kappa shape index (κ3) is 4.12. The number of carbonyl (C=O) groups is 1. The van der Waals surface area contributed by atoms with Gasteiger partial charge in [-0.3, -0.25) is 14.6 Å². The number of ketones is 1.